The van der Waals surface area contributed by atoms with Gasteiger partial charge in [-0.1, -0.05) is 37.3 Å². The molecular formula is C17H25N3. The van der Waals surface area contributed by atoms with Crippen molar-refractivity contribution in [1.82, 2.24) is 4.90 Å². The van der Waals surface area contributed by atoms with Crippen LogP contribution in [0, 0.1) is 11.8 Å². The van der Waals surface area contributed by atoms with Crippen LogP contribution in [-0.2, 0) is 6.42 Å². The molecule has 1 saturated carbocycles. The maximum atomic E-state index is 6.18. The fraction of sp³-hybridized carbons (Fsp3) is 0.588. The van der Waals surface area contributed by atoms with Crippen LogP contribution >= 0.6 is 0 Å². The molecule has 108 valence electrons. The highest BCUT2D eigenvalue weighted by Gasteiger charge is 2.37. The number of guanidine groups is 1. The molecule has 0 aromatic heterocycles. The van der Waals surface area contributed by atoms with Crippen LogP contribution in [0.3, 0.4) is 0 Å². The topological polar surface area (TPSA) is 41.6 Å². The number of benzene rings is 1. The van der Waals surface area contributed by atoms with E-state index in [4.69, 9.17) is 10.7 Å². The van der Waals surface area contributed by atoms with Crippen molar-refractivity contribution in [3.05, 3.63) is 35.9 Å². The second kappa shape index (κ2) is 5.86. The lowest BCUT2D eigenvalue weighted by atomic mass is 10.0. The molecule has 1 aliphatic heterocycles. The van der Waals surface area contributed by atoms with Gasteiger partial charge >= 0.3 is 0 Å². The lowest BCUT2D eigenvalue weighted by Gasteiger charge is -2.31. The van der Waals surface area contributed by atoms with Crippen molar-refractivity contribution >= 4 is 5.96 Å². The summed E-state index contributed by atoms with van der Waals surface area (Å²) in [4.78, 5) is 7.01. The molecule has 3 atom stereocenters. The number of nitrogens with zero attached hydrogens (tertiary/aromatic N) is 2. The fourth-order valence-electron chi connectivity index (χ4n) is 3.17. The molecule has 3 rings (SSSR count). The third-order valence-electron chi connectivity index (χ3n) is 4.51. The highest BCUT2D eigenvalue weighted by molar-refractivity contribution is 5.78. The number of piperidine rings is 1. The summed E-state index contributed by atoms with van der Waals surface area (Å²) in [6, 6.07) is 11.1. The fourth-order valence-corrected chi connectivity index (χ4v) is 3.17. The molecule has 3 unspecified atom stereocenters. The lowest BCUT2D eigenvalue weighted by molar-refractivity contribution is 0.270. The summed E-state index contributed by atoms with van der Waals surface area (Å²) in [5.74, 6) is 2.21. The van der Waals surface area contributed by atoms with Crippen LogP contribution in [0.2, 0.25) is 0 Å². The first-order chi connectivity index (χ1) is 9.72. The van der Waals surface area contributed by atoms with Gasteiger partial charge in [-0.15, -0.1) is 0 Å². The summed E-state index contributed by atoms with van der Waals surface area (Å²) in [6.45, 7) is 4.45. The summed E-state index contributed by atoms with van der Waals surface area (Å²) in [7, 11) is 0. The molecule has 1 heterocycles. The Bertz CT molecular complexity index is 468. The third kappa shape index (κ3) is 3.33. The van der Waals surface area contributed by atoms with Gasteiger partial charge in [-0.3, -0.25) is 0 Å². The third-order valence-corrected chi connectivity index (χ3v) is 4.51. The van der Waals surface area contributed by atoms with E-state index < -0.39 is 0 Å². The molecule has 2 aliphatic rings. The van der Waals surface area contributed by atoms with E-state index in [2.05, 4.69) is 42.2 Å². The van der Waals surface area contributed by atoms with Crippen LogP contribution in [0.4, 0.5) is 0 Å². The Kier molecular flexibility index (Phi) is 3.95. The summed E-state index contributed by atoms with van der Waals surface area (Å²) >= 11 is 0. The average molecular weight is 271 g/mol. The lowest BCUT2D eigenvalue weighted by Crippen LogP contribution is -2.43. The SMILES string of the molecule is CC1CCCN(C(N)=NC2CC2Cc2ccccc2)C1. The van der Waals surface area contributed by atoms with Crippen molar-refractivity contribution in [1.29, 1.82) is 0 Å². The number of rotatable bonds is 3. The number of aliphatic imine (C=N–C) groups is 1. The van der Waals surface area contributed by atoms with Crippen molar-refractivity contribution in [2.45, 2.75) is 38.6 Å². The highest BCUT2D eigenvalue weighted by atomic mass is 15.3. The van der Waals surface area contributed by atoms with E-state index in [0.717, 1.165) is 31.4 Å². The second-order valence-corrected chi connectivity index (χ2v) is 6.43. The zero-order chi connectivity index (χ0) is 13.9. The quantitative estimate of drug-likeness (QED) is 0.678. The molecule has 1 saturated heterocycles. The number of likely N-dealkylation sites (tertiary alicyclic amines) is 1. The van der Waals surface area contributed by atoms with E-state index in [9.17, 15) is 0 Å². The Morgan fingerprint density at radius 3 is 2.90 bits per heavy atom. The van der Waals surface area contributed by atoms with E-state index in [1.165, 1.54) is 24.8 Å². The Morgan fingerprint density at radius 1 is 1.35 bits per heavy atom. The maximum Gasteiger partial charge on any atom is 0.191 e. The van der Waals surface area contributed by atoms with Crippen LogP contribution in [0.25, 0.3) is 0 Å². The molecule has 20 heavy (non-hydrogen) atoms. The summed E-state index contributed by atoms with van der Waals surface area (Å²) in [5.41, 5.74) is 7.60. The summed E-state index contributed by atoms with van der Waals surface area (Å²) in [6.07, 6.45) is 4.90. The van der Waals surface area contributed by atoms with Crippen LogP contribution in [-0.4, -0.2) is 30.0 Å². The molecule has 3 nitrogen and oxygen atoms in total. The van der Waals surface area contributed by atoms with Gasteiger partial charge in [0.25, 0.3) is 0 Å². The van der Waals surface area contributed by atoms with Crippen LogP contribution < -0.4 is 5.73 Å². The van der Waals surface area contributed by atoms with Crippen LogP contribution in [0.15, 0.2) is 35.3 Å². The standard InChI is InChI=1S/C17H25N3/c1-13-6-5-9-20(12-13)17(18)19-16-11-15(16)10-14-7-3-2-4-8-14/h2-4,7-8,13,15-16H,5-6,9-12H2,1H3,(H2,18,19). The largest absolute Gasteiger partial charge is 0.370 e. The Hall–Kier alpha value is -1.51. The van der Waals surface area contributed by atoms with E-state index in [-0.39, 0.29) is 0 Å². The van der Waals surface area contributed by atoms with Gasteiger partial charge in [-0.2, -0.15) is 0 Å². The molecule has 3 heteroatoms. The highest BCUT2D eigenvalue weighted by Crippen LogP contribution is 2.37. The molecule has 1 aliphatic carbocycles. The molecule has 0 spiro atoms. The molecule has 0 amide bonds. The molecular weight excluding hydrogens is 246 g/mol. The minimum absolute atomic E-state index is 0.451. The normalized spacial score (nSPS) is 30.4. The van der Waals surface area contributed by atoms with Gasteiger partial charge in [0.2, 0.25) is 0 Å². The van der Waals surface area contributed by atoms with E-state index in [1.54, 1.807) is 0 Å². The monoisotopic (exact) mass is 271 g/mol. The summed E-state index contributed by atoms with van der Waals surface area (Å²) in [5, 5.41) is 0. The molecule has 1 aromatic rings. The van der Waals surface area contributed by atoms with E-state index in [1.807, 2.05) is 0 Å². The first-order valence-electron chi connectivity index (χ1n) is 7.84. The predicted molar refractivity (Wildman–Crippen MR) is 83.6 cm³/mol. The smallest absolute Gasteiger partial charge is 0.191 e. The molecule has 2 N–H and O–H groups in total. The van der Waals surface area contributed by atoms with Gasteiger partial charge in [-0.25, -0.2) is 4.99 Å². The first kappa shape index (κ1) is 13.5. The Balaban J connectivity index is 1.52. The van der Waals surface area contributed by atoms with E-state index >= 15 is 0 Å². The van der Waals surface area contributed by atoms with Crippen molar-refractivity contribution in [3.63, 3.8) is 0 Å². The van der Waals surface area contributed by atoms with Gasteiger partial charge in [0.1, 0.15) is 0 Å². The first-order valence-corrected chi connectivity index (χ1v) is 7.84. The molecule has 0 bridgehead atoms. The molecule has 2 fully saturated rings. The molecule has 0 radical (unpaired) electrons. The number of hydrogen-bond donors (Lipinski definition) is 1. The van der Waals surface area contributed by atoms with Gasteiger partial charge < -0.3 is 10.6 Å². The summed E-state index contributed by atoms with van der Waals surface area (Å²) < 4.78 is 0. The molecule has 1 aromatic carbocycles. The van der Waals surface area contributed by atoms with Crippen molar-refractivity contribution in [2.75, 3.05) is 13.1 Å². The van der Waals surface area contributed by atoms with Crippen molar-refractivity contribution < 1.29 is 0 Å². The Morgan fingerprint density at radius 2 is 2.15 bits per heavy atom. The number of nitrogens with two attached hydrogens (primary N) is 1. The van der Waals surface area contributed by atoms with Crippen molar-refractivity contribution in [3.8, 4) is 0 Å². The Labute approximate surface area is 121 Å². The zero-order valence-electron chi connectivity index (χ0n) is 12.3. The predicted octanol–water partition coefficient (Wildman–Crippen LogP) is 2.66. The van der Waals surface area contributed by atoms with Gasteiger partial charge in [0.05, 0.1) is 6.04 Å². The second-order valence-electron chi connectivity index (χ2n) is 6.43. The van der Waals surface area contributed by atoms with Crippen LogP contribution in [0.1, 0.15) is 31.7 Å². The average Bonchev–Trinajstić information content (AvgIpc) is 3.17. The van der Waals surface area contributed by atoms with Crippen LogP contribution in [0.5, 0.6) is 0 Å². The van der Waals surface area contributed by atoms with Crippen molar-refractivity contribution in [2.24, 2.45) is 22.6 Å². The zero-order valence-corrected chi connectivity index (χ0v) is 12.3. The van der Waals surface area contributed by atoms with Gasteiger partial charge in [0.15, 0.2) is 5.96 Å². The minimum Gasteiger partial charge on any atom is -0.370 e. The van der Waals surface area contributed by atoms with Gasteiger partial charge in [-0.05, 0) is 43.1 Å². The van der Waals surface area contributed by atoms with Gasteiger partial charge in [0, 0.05) is 13.1 Å². The minimum atomic E-state index is 0.451. The number of hydrogen-bond acceptors (Lipinski definition) is 1. The van der Waals surface area contributed by atoms with E-state index in [0.29, 0.717) is 12.0 Å². The maximum absolute atomic E-state index is 6.18.